The Balaban J connectivity index is 2.19. The number of nitrogens with one attached hydrogen (secondary N) is 2. The van der Waals surface area contributed by atoms with E-state index in [1.165, 1.54) is 30.3 Å². The molecule has 2 aromatic rings. The molecule has 5 nitrogen and oxygen atoms in total. The zero-order valence-corrected chi connectivity index (χ0v) is 18.6. The Bertz CT molecular complexity index is 926. The van der Waals surface area contributed by atoms with Crippen molar-refractivity contribution < 1.29 is 13.2 Å². The van der Waals surface area contributed by atoms with Crippen molar-refractivity contribution in [1.29, 1.82) is 0 Å². The van der Waals surface area contributed by atoms with E-state index in [4.69, 9.17) is 0 Å². The van der Waals surface area contributed by atoms with E-state index < -0.39 is 10.0 Å². The van der Waals surface area contributed by atoms with Crippen LogP contribution in [0.2, 0.25) is 0 Å². The van der Waals surface area contributed by atoms with Crippen LogP contribution in [-0.4, -0.2) is 26.6 Å². The summed E-state index contributed by atoms with van der Waals surface area (Å²) in [6.07, 6.45) is 2.53. The second kappa shape index (κ2) is 9.11. The molecule has 152 valence electrons. The van der Waals surface area contributed by atoms with Gasteiger partial charge in [-0.15, -0.1) is 11.8 Å². The smallest absolute Gasteiger partial charge is 0.240 e. The Morgan fingerprint density at radius 1 is 1.14 bits per heavy atom. The Morgan fingerprint density at radius 3 is 2.36 bits per heavy atom. The van der Waals surface area contributed by atoms with Crippen molar-refractivity contribution in [3.63, 3.8) is 0 Å². The molecule has 1 amide bonds. The highest BCUT2D eigenvalue weighted by Crippen LogP contribution is 2.30. The van der Waals surface area contributed by atoms with Gasteiger partial charge in [0.25, 0.3) is 0 Å². The summed E-state index contributed by atoms with van der Waals surface area (Å²) in [5.41, 5.74) is 1.49. The fourth-order valence-electron chi connectivity index (χ4n) is 3.29. The van der Waals surface area contributed by atoms with Crippen molar-refractivity contribution in [3.8, 4) is 0 Å². The van der Waals surface area contributed by atoms with E-state index in [1.54, 1.807) is 12.1 Å². The van der Waals surface area contributed by atoms with Crippen LogP contribution in [0, 0.1) is 0 Å². The fourth-order valence-corrected chi connectivity index (χ4v) is 5.09. The van der Waals surface area contributed by atoms with Crippen LogP contribution in [-0.2, 0) is 20.2 Å². The molecule has 0 fully saturated rings. The summed E-state index contributed by atoms with van der Waals surface area (Å²) in [6.45, 7) is 7.48. The van der Waals surface area contributed by atoms with Crippen molar-refractivity contribution in [3.05, 3.63) is 54.1 Å². The highest BCUT2D eigenvalue weighted by Gasteiger charge is 2.26. The molecule has 28 heavy (non-hydrogen) atoms. The standard InChI is InChI=1S/C21H28N2O3S2/c1-15(14-21(3,4)17-9-7-6-8-10-17)23-28(25,26)18-11-12-20(27-5)19(13-18)22-16(2)24/h6-13,15,23H,14H2,1-5H3,(H,22,24)/t15-/m1/s1. The van der Waals surface area contributed by atoms with Gasteiger partial charge in [-0.25, -0.2) is 13.1 Å². The second-order valence-electron chi connectivity index (χ2n) is 7.52. The first kappa shape index (κ1) is 22.5. The van der Waals surface area contributed by atoms with Gasteiger partial charge >= 0.3 is 0 Å². The molecule has 1 atom stereocenters. The fraction of sp³-hybridized carbons (Fsp3) is 0.381. The lowest BCUT2D eigenvalue weighted by molar-refractivity contribution is -0.114. The van der Waals surface area contributed by atoms with Crippen LogP contribution in [0.25, 0.3) is 0 Å². The maximum Gasteiger partial charge on any atom is 0.240 e. The van der Waals surface area contributed by atoms with Gasteiger partial charge in [-0.05, 0) is 48.8 Å². The average Bonchev–Trinajstić information content (AvgIpc) is 2.61. The Labute approximate surface area is 172 Å². The molecular formula is C21H28N2O3S2. The number of carbonyl (C=O) groups excluding carboxylic acids is 1. The molecule has 2 N–H and O–H groups in total. The van der Waals surface area contributed by atoms with Crippen LogP contribution >= 0.6 is 11.8 Å². The van der Waals surface area contributed by atoms with Crippen LogP contribution in [0.15, 0.2) is 58.3 Å². The van der Waals surface area contributed by atoms with E-state index >= 15 is 0 Å². The molecule has 0 aromatic heterocycles. The lowest BCUT2D eigenvalue weighted by Crippen LogP contribution is -2.37. The number of benzene rings is 2. The maximum absolute atomic E-state index is 12.9. The summed E-state index contributed by atoms with van der Waals surface area (Å²) in [5.74, 6) is -0.240. The first-order chi connectivity index (χ1) is 13.0. The summed E-state index contributed by atoms with van der Waals surface area (Å²) >= 11 is 1.45. The number of rotatable bonds is 8. The monoisotopic (exact) mass is 420 g/mol. The quantitative estimate of drug-likeness (QED) is 0.621. The first-order valence-corrected chi connectivity index (χ1v) is 11.8. The highest BCUT2D eigenvalue weighted by molar-refractivity contribution is 7.98. The highest BCUT2D eigenvalue weighted by atomic mass is 32.2. The van der Waals surface area contributed by atoms with E-state index in [0.717, 1.165) is 4.90 Å². The van der Waals surface area contributed by atoms with E-state index in [9.17, 15) is 13.2 Å². The molecule has 0 aliphatic rings. The van der Waals surface area contributed by atoms with Crippen molar-refractivity contribution in [2.75, 3.05) is 11.6 Å². The lowest BCUT2D eigenvalue weighted by Gasteiger charge is -2.29. The molecule has 0 aliphatic carbocycles. The van der Waals surface area contributed by atoms with Gasteiger partial charge in [0.1, 0.15) is 0 Å². The SMILES string of the molecule is CSc1ccc(S(=O)(=O)N[C@H](C)CC(C)(C)c2ccccc2)cc1NC(C)=O. The number of sulfonamides is 1. The molecule has 0 spiro atoms. The largest absolute Gasteiger partial charge is 0.325 e. The van der Waals surface area contributed by atoms with Crippen molar-refractivity contribution in [1.82, 2.24) is 4.72 Å². The molecule has 0 unspecified atom stereocenters. The minimum atomic E-state index is -3.71. The summed E-state index contributed by atoms with van der Waals surface area (Å²) in [6, 6.07) is 14.6. The Hall–Kier alpha value is -1.83. The van der Waals surface area contributed by atoms with Gasteiger partial charge in [0.15, 0.2) is 0 Å². The Kier molecular flexibility index (Phi) is 7.31. The minimum Gasteiger partial charge on any atom is -0.325 e. The third-order valence-corrected chi connectivity index (χ3v) is 6.90. The van der Waals surface area contributed by atoms with Crippen molar-refractivity contribution in [2.24, 2.45) is 0 Å². The van der Waals surface area contributed by atoms with Crippen LogP contribution < -0.4 is 10.0 Å². The third-order valence-electron chi connectivity index (χ3n) is 4.52. The van der Waals surface area contributed by atoms with E-state index in [2.05, 4.69) is 36.0 Å². The number of amides is 1. The number of carbonyl (C=O) groups is 1. The molecular weight excluding hydrogens is 392 g/mol. The number of anilines is 1. The normalized spacial score (nSPS) is 13.2. The van der Waals surface area contributed by atoms with Gasteiger partial charge in [0.2, 0.25) is 15.9 Å². The summed E-state index contributed by atoms with van der Waals surface area (Å²) in [4.78, 5) is 12.4. The molecule has 0 saturated carbocycles. The van der Waals surface area contributed by atoms with Gasteiger partial charge in [-0.3, -0.25) is 4.79 Å². The van der Waals surface area contributed by atoms with Gasteiger partial charge in [-0.1, -0.05) is 44.2 Å². The van der Waals surface area contributed by atoms with Gasteiger partial charge in [0.05, 0.1) is 10.6 Å². The van der Waals surface area contributed by atoms with Crippen LogP contribution in [0.5, 0.6) is 0 Å². The molecule has 0 radical (unpaired) electrons. The molecule has 2 rings (SSSR count). The average molecular weight is 421 g/mol. The van der Waals surface area contributed by atoms with Crippen LogP contribution in [0.4, 0.5) is 5.69 Å². The molecule has 7 heteroatoms. The lowest BCUT2D eigenvalue weighted by atomic mass is 9.79. The third kappa shape index (κ3) is 5.83. The van der Waals surface area contributed by atoms with Gasteiger partial charge < -0.3 is 5.32 Å². The summed E-state index contributed by atoms with van der Waals surface area (Å²) in [5, 5.41) is 2.70. The van der Waals surface area contributed by atoms with E-state index in [1.807, 2.05) is 31.4 Å². The molecule has 0 aliphatic heterocycles. The van der Waals surface area contributed by atoms with Crippen LogP contribution in [0.1, 0.15) is 39.7 Å². The minimum absolute atomic E-state index is 0.137. The second-order valence-corrected chi connectivity index (χ2v) is 10.1. The predicted molar refractivity (Wildman–Crippen MR) is 116 cm³/mol. The number of hydrogen-bond acceptors (Lipinski definition) is 4. The Morgan fingerprint density at radius 2 is 1.79 bits per heavy atom. The molecule has 0 saturated heterocycles. The molecule has 2 aromatic carbocycles. The molecule has 0 heterocycles. The summed E-state index contributed by atoms with van der Waals surface area (Å²) < 4.78 is 28.5. The molecule has 0 bridgehead atoms. The zero-order chi connectivity index (χ0) is 20.9. The maximum atomic E-state index is 12.9. The number of thioether (sulfide) groups is 1. The predicted octanol–water partition coefficient (Wildman–Crippen LogP) is 4.40. The summed E-state index contributed by atoms with van der Waals surface area (Å²) in [7, 11) is -3.71. The number of hydrogen-bond donors (Lipinski definition) is 2. The van der Waals surface area contributed by atoms with E-state index in [-0.39, 0.29) is 22.3 Å². The van der Waals surface area contributed by atoms with Crippen molar-refractivity contribution >= 4 is 33.4 Å². The van der Waals surface area contributed by atoms with Gasteiger partial charge in [-0.2, -0.15) is 0 Å². The van der Waals surface area contributed by atoms with Crippen LogP contribution in [0.3, 0.4) is 0 Å². The van der Waals surface area contributed by atoms with Gasteiger partial charge in [0, 0.05) is 17.9 Å². The first-order valence-electron chi connectivity index (χ1n) is 9.08. The zero-order valence-electron chi connectivity index (χ0n) is 16.9. The van der Waals surface area contributed by atoms with E-state index in [0.29, 0.717) is 12.1 Å². The van der Waals surface area contributed by atoms with Crippen molar-refractivity contribution in [2.45, 2.75) is 55.4 Å². The topological polar surface area (TPSA) is 75.3 Å².